The number of halogens is 2. The lowest BCUT2D eigenvalue weighted by Crippen LogP contribution is -1.92. The first-order chi connectivity index (χ1) is 6.59. The molecule has 0 amide bonds. The van der Waals surface area contributed by atoms with Gasteiger partial charge < -0.3 is 0 Å². The Bertz CT molecular complexity index is 506. The number of aryl methyl sites for hydroxylation is 2. The molecule has 1 heterocycles. The smallest absolute Gasteiger partial charge is 0.0849 e. The second-order valence-corrected chi connectivity index (χ2v) is 5.50. The molecule has 2 aromatic rings. The summed E-state index contributed by atoms with van der Waals surface area (Å²) in [6.07, 6.45) is 0. The largest absolute Gasteiger partial charge is 0.252 e. The number of aromatic nitrogens is 1. The number of rotatable bonds is 0. The SMILES string of the molecule is Cc1ccc2cc(C)c(I)c(I)c2n1. The minimum atomic E-state index is 1.08. The van der Waals surface area contributed by atoms with Crippen molar-refractivity contribution in [2.24, 2.45) is 0 Å². The van der Waals surface area contributed by atoms with E-state index in [0.29, 0.717) is 0 Å². The van der Waals surface area contributed by atoms with Crippen LogP contribution in [0.25, 0.3) is 10.9 Å². The van der Waals surface area contributed by atoms with Crippen LogP contribution in [-0.2, 0) is 0 Å². The maximum absolute atomic E-state index is 4.56. The fraction of sp³-hybridized carbons (Fsp3) is 0.182. The van der Waals surface area contributed by atoms with Crippen LogP contribution in [0.5, 0.6) is 0 Å². The predicted molar refractivity (Wildman–Crippen MR) is 76.7 cm³/mol. The van der Waals surface area contributed by atoms with Crippen molar-refractivity contribution < 1.29 is 0 Å². The molecule has 3 heteroatoms. The summed E-state index contributed by atoms with van der Waals surface area (Å²) >= 11 is 4.76. The predicted octanol–water partition coefficient (Wildman–Crippen LogP) is 4.06. The number of benzene rings is 1. The zero-order valence-electron chi connectivity index (χ0n) is 7.94. The first-order valence-corrected chi connectivity index (χ1v) is 6.47. The Morgan fingerprint density at radius 3 is 2.50 bits per heavy atom. The summed E-state index contributed by atoms with van der Waals surface area (Å²) in [5.41, 5.74) is 3.53. The Hall–Kier alpha value is 0.0900. The molecule has 1 aromatic carbocycles. The highest BCUT2D eigenvalue weighted by molar-refractivity contribution is 14.1. The Morgan fingerprint density at radius 1 is 1.07 bits per heavy atom. The van der Waals surface area contributed by atoms with Gasteiger partial charge in [0.2, 0.25) is 0 Å². The van der Waals surface area contributed by atoms with E-state index in [1.165, 1.54) is 18.1 Å². The van der Waals surface area contributed by atoms with Crippen molar-refractivity contribution in [2.45, 2.75) is 13.8 Å². The molecule has 2 rings (SSSR count). The quantitative estimate of drug-likeness (QED) is 0.599. The van der Waals surface area contributed by atoms with Gasteiger partial charge in [-0.3, -0.25) is 4.98 Å². The van der Waals surface area contributed by atoms with E-state index in [-0.39, 0.29) is 0 Å². The second-order valence-electron chi connectivity index (χ2n) is 3.35. The van der Waals surface area contributed by atoms with Gasteiger partial charge in [-0.25, -0.2) is 0 Å². The molecule has 0 unspecified atom stereocenters. The number of hydrogen-bond donors (Lipinski definition) is 0. The molecule has 0 spiro atoms. The summed E-state index contributed by atoms with van der Waals surface area (Å²) < 4.78 is 2.58. The van der Waals surface area contributed by atoms with Gasteiger partial charge in [-0.2, -0.15) is 0 Å². The van der Waals surface area contributed by atoms with Crippen LogP contribution in [0.4, 0.5) is 0 Å². The standard InChI is InChI=1S/C11H9I2N/c1-6-5-8-4-3-7(2)14-11(8)10(13)9(6)12/h3-5H,1-2H3. The van der Waals surface area contributed by atoms with Crippen molar-refractivity contribution >= 4 is 56.1 Å². The van der Waals surface area contributed by atoms with Crippen molar-refractivity contribution in [3.63, 3.8) is 0 Å². The highest BCUT2D eigenvalue weighted by Gasteiger charge is 2.07. The number of pyridine rings is 1. The molecule has 0 atom stereocenters. The third-order valence-corrected chi connectivity index (χ3v) is 5.66. The zero-order valence-corrected chi connectivity index (χ0v) is 12.3. The minimum absolute atomic E-state index is 1.08. The van der Waals surface area contributed by atoms with Crippen LogP contribution in [0.1, 0.15) is 11.3 Å². The average molecular weight is 409 g/mol. The number of nitrogens with zero attached hydrogens (tertiary/aromatic N) is 1. The van der Waals surface area contributed by atoms with Crippen molar-refractivity contribution in [1.29, 1.82) is 0 Å². The van der Waals surface area contributed by atoms with E-state index >= 15 is 0 Å². The third kappa shape index (κ3) is 1.76. The molecule has 0 aliphatic heterocycles. The van der Waals surface area contributed by atoms with E-state index in [9.17, 15) is 0 Å². The van der Waals surface area contributed by atoms with Gasteiger partial charge in [0.05, 0.1) is 9.09 Å². The van der Waals surface area contributed by atoms with Crippen LogP contribution < -0.4 is 0 Å². The molecule has 0 saturated heterocycles. The van der Waals surface area contributed by atoms with Crippen molar-refractivity contribution in [3.05, 3.63) is 36.6 Å². The minimum Gasteiger partial charge on any atom is -0.252 e. The zero-order chi connectivity index (χ0) is 10.3. The molecule has 0 aliphatic rings. The van der Waals surface area contributed by atoms with Crippen LogP contribution in [0.3, 0.4) is 0 Å². The van der Waals surface area contributed by atoms with Crippen LogP contribution >= 0.6 is 45.2 Å². The Morgan fingerprint density at radius 2 is 1.79 bits per heavy atom. The van der Waals surface area contributed by atoms with E-state index in [1.54, 1.807) is 0 Å². The first-order valence-electron chi connectivity index (χ1n) is 4.31. The van der Waals surface area contributed by atoms with Gasteiger partial charge in [0.25, 0.3) is 0 Å². The van der Waals surface area contributed by atoms with Crippen LogP contribution in [0.15, 0.2) is 18.2 Å². The van der Waals surface area contributed by atoms with E-state index in [4.69, 9.17) is 0 Å². The van der Waals surface area contributed by atoms with Crippen LogP contribution in [-0.4, -0.2) is 4.98 Å². The second kappa shape index (κ2) is 3.92. The molecular weight excluding hydrogens is 400 g/mol. The maximum atomic E-state index is 4.56. The van der Waals surface area contributed by atoms with Crippen LogP contribution in [0, 0.1) is 21.0 Å². The molecule has 1 aromatic heterocycles. The van der Waals surface area contributed by atoms with E-state index in [2.05, 4.69) is 75.3 Å². The first kappa shape index (κ1) is 10.6. The Kier molecular flexibility index (Phi) is 2.97. The fourth-order valence-electron chi connectivity index (χ4n) is 1.43. The molecular formula is C11H9I2N. The van der Waals surface area contributed by atoms with E-state index < -0.39 is 0 Å². The molecule has 14 heavy (non-hydrogen) atoms. The van der Waals surface area contributed by atoms with Gasteiger partial charge in [-0.1, -0.05) is 6.07 Å². The molecule has 0 radical (unpaired) electrons. The molecule has 72 valence electrons. The number of fused-ring (bicyclic) bond motifs is 1. The molecule has 0 fully saturated rings. The molecule has 0 N–H and O–H groups in total. The summed E-state index contributed by atoms with van der Waals surface area (Å²) in [7, 11) is 0. The summed E-state index contributed by atoms with van der Waals surface area (Å²) in [5.74, 6) is 0. The van der Waals surface area contributed by atoms with E-state index in [1.807, 2.05) is 6.92 Å². The molecule has 1 nitrogen and oxygen atoms in total. The van der Waals surface area contributed by atoms with Gasteiger partial charge >= 0.3 is 0 Å². The molecule has 0 saturated carbocycles. The molecule has 0 aliphatic carbocycles. The summed E-state index contributed by atoms with van der Waals surface area (Å²) in [6.45, 7) is 4.17. The number of hydrogen-bond acceptors (Lipinski definition) is 1. The summed E-state index contributed by atoms with van der Waals surface area (Å²) in [6, 6.07) is 6.40. The van der Waals surface area contributed by atoms with E-state index in [0.717, 1.165) is 11.2 Å². The Balaban J connectivity index is 2.92. The van der Waals surface area contributed by atoms with Gasteiger partial charge in [-0.05, 0) is 76.7 Å². The van der Waals surface area contributed by atoms with Crippen LogP contribution in [0.2, 0.25) is 0 Å². The third-order valence-electron chi connectivity index (χ3n) is 2.18. The van der Waals surface area contributed by atoms with Gasteiger partial charge in [0, 0.05) is 14.7 Å². The van der Waals surface area contributed by atoms with Crippen molar-refractivity contribution in [1.82, 2.24) is 4.98 Å². The summed E-state index contributed by atoms with van der Waals surface area (Å²) in [4.78, 5) is 4.56. The van der Waals surface area contributed by atoms with Gasteiger partial charge in [0.1, 0.15) is 0 Å². The summed E-state index contributed by atoms with van der Waals surface area (Å²) in [5, 5.41) is 1.23. The van der Waals surface area contributed by atoms with Gasteiger partial charge in [0.15, 0.2) is 0 Å². The average Bonchev–Trinajstić information content (AvgIpc) is 2.16. The Labute approximate surface area is 111 Å². The lowest BCUT2D eigenvalue weighted by Gasteiger charge is -2.06. The van der Waals surface area contributed by atoms with Crippen molar-refractivity contribution in [3.8, 4) is 0 Å². The fourth-order valence-corrected chi connectivity index (χ4v) is 2.70. The monoisotopic (exact) mass is 409 g/mol. The lowest BCUT2D eigenvalue weighted by molar-refractivity contribution is 1.24. The topological polar surface area (TPSA) is 12.9 Å². The molecule has 0 bridgehead atoms. The van der Waals surface area contributed by atoms with Gasteiger partial charge in [-0.15, -0.1) is 0 Å². The van der Waals surface area contributed by atoms with Crippen molar-refractivity contribution in [2.75, 3.05) is 0 Å². The maximum Gasteiger partial charge on any atom is 0.0849 e. The normalized spacial score (nSPS) is 10.9. The lowest BCUT2D eigenvalue weighted by atomic mass is 10.1. The highest BCUT2D eigenvalue weighted by Crippen LogP contribution is 2.27. The highest BCUT2D eigenvalue weighted by atomic mass is 127.